The monoisotopic (exact) mass is 630 g/mol. The van der Waals surface area contributed by atoms with Gasteiger partial charge in [-0.05, 0) is 101 Å². The SMILES string of the molecule is CCOc1cc(/C=C(\C#N)C(=O)Nc2ccc(OCc3ccc(Cl)cc3)cc2)cc(Br)c1OCc1cccc(C)c1. The zero-order chi connectivity index (χ0) is 29.2. The number of aryl methyl sites for hydroxylation is 1. The molecular weight excluding hydrogens is 604 g/mol. The van der Waals surface area contributed by atoms with Gasteiger partial charge >= 0.3 is 0 Å². The Morgan fingerprint density at radius 3 is 2.37 bits per heavy atom. The molecule has 0 saturated heterocycles. The highest BCUT2D eigenvalue weighted by Gasteiger charge is 2.15. The molecule has 0 spiro atoms. The Morgan fingerprint density at radius 2 is 1.68 bits per heavy atom. The molecule has 6 nitrogen and oxygen atoms in total. The van der Waals surface area contributed by atoms with E-state index in [1.54, 1.807) is 36.4 Å². The van der Waals surface area contributed by atoms with Crippen molar-refractivity contribution < 1.29 is 19.0 Å². The molecule has 1 amide bonds. The van der Waals surface area contributed by atoms with Gasteiger partial charge in [0.25, 0.3) is 5.91 Å². The molecule has 208 valence electrons. The molecule has 0 aliphatic carbocycles. The van der Waals surface area contributed by atoms with Gasteiger partial charge in [-0.2, -0.15) is 5.26 Å². The molecule has 0 saturated carbocycles. The minimum Gasteiger partial charge on any atom is -0.490 e. The summed E-state index contributed by atoms with van der Waals surface area (Å²) in [5, 5.41) is 13.2. The molecule has 4 aromatic rings. The van der Waals surface area contributed by atoms with Crippen LogP contribution in [0, 0.1) is 18.3 Å². The topological polar surface area (TPSA) is 80.6 Å². The maximum atomic E-state index is 12.9. The van der Waals surface area contributed by atoms with Crippen LogP contribution < -0.4 is 19.5 Å². The number of anilines is 1. The van der Waals surface area contributed by atoms with Crippen LogP contribution in [-0.4, -0.2) is 12.5 Å². The number of nitrogens with one attached hydrogen (secondary N) is 1. The fourth-order valence-corrected chi connectivity index (χ4v) is 4.63. The fraction of sp³-hybridized carbons (Fsp3) is 0.152. The van der Waals surface area contributed by atoms with Gasteiger partial charge in [0.1, 0.15) is 30.6 Å². The van der Waals surface area contributed by atoms with Gasteiger partial charge in [-0.15, -0.1) is 0 Å². The number of halogens is 2. The van der Waals surface area contributed by atoms with Gasteiger partial charge in [-0.25, -0.2) is 0 Å². The van der Waals surface area contributed by atoms with Crippen LogP contribution in [0.25, 0.3) is 6.08 Å². The second kappa shape index (κ2) is 14.4. The van der Waals surface area contributed by atoms with Gasteiger partial charge in [-0.1, -0.05) is 53.6 Å². The maximum absolute atomic E-state index is 12.9. The van der Waals surface area contributed by atoms with Crippen molar-refractivity contribution in [3.8, 4) is 23.3 Å². The number of benzene rings is 4. The summed E-state index contributed by atoms with van der Waals surface area (Å²) in [6, 6.07) is 27.9. The quantitative estimate of drug-likeness (QED) is 0.133. The third-order valence-corrected chi connectivity index (χ3v) is 6.75. The summed E-state index contributed by atoms with van der Waals surface area (Å²) in [4.78, 5) is 12.9. The number of carbonyl (C=O) groups excluding carboxylic acids is 1. The molecule has 0 bridgehead atoms. The summed E-state index contributed by atoms with van der Waals surface area (Å²) >= 11 is 9.48. The summed E-state index contributed by atoms with van der Waals surface area (Å²) in [6.07, 6.45) is 1.51. The minimum atomic E-state index is -0.531. The van der Waals surface area contributed by atoms with Gasteiger partial charge in [0.05, 0.1) is 11.1 Å². The molecule has 0 radical (unpaired) electrons. The molecular formula is C33H28BrClN2O4. The Kier molecular flexibility index (Phi) is 10.4. The minimum absolute atomic E-state index is 0.0594. The van der Waals surface area contributed by atoms with Crippen LogP contribution in [0.5, 0.6) is 17.2 Å². The number of hydrogen-bond acceptors (Lipinski definition) is 5. The fourth-order valence-electron chi connectivity index (χ4n) is 3.93. The lowest BCUT2D eigenvalue weighted by molar-refractivity contribution is -0.112. The normalized spacial score (nSPS) is 11.0. The van der Waals surface area contributed by atoms with Crippen LogP contribution in [0.1, 0.15) is 29.2 Å². The third kappa shape index (κ3) is 8.62. The summed E-state index contributed by atoms with van der Waals surface area (Å²) in [6.45, 7) is 5.09. The molecule has 0 atom stereocenters. The number of nitriles is 1. The molecule has 0 aliphatic rings. The Hall–Kier alpha value is -4.25. The Morgan fingerprint density at radius 1 is 0.951 bits per heavy atom. The van der Waals surface area contributed by atoms with Crippen molar-refractivity contribution in [1.82, 2.24) is 0 Å². The standard InChI is InChI=1S/C33H28BrClN2O4/c1-3-39-31-18-25(17-30(34)32(31)41-21-24-6-4-5-22(2)15-24)16-26(19-36)33(38)37-28-11-13-29(14-12-28)40-20-23-7-9-27(35)10-8-23/h4-18H,3,20-21H2,1-2H3,(H,37,38)/b26-16+. The average molecular weight is 632 g/mol. The first-order valence-corrected chi connectivity index (χ1v) is 14.1. The molecule has 0 heterocycles. The van der Waals surface area contributed by atoms with E-state index in [-0.39, 0.29) is 5.57 Å². The van der Waals surface area contributed by atoms with E-state index in [1.807, 2.05) is 62.4 Å². The Bertz CT molecular complexity index is 1580. The summed E-state index contributed by atoms with van der Waals surface area (Å²) < 4.78 is 18.3. The summed E-state index contributed by atoms with van der Waals surface area (Å²) in [5.74, 6) is 1.17. The van der Waals surface area contributed by atoms with Crippen LogP contribution in [0.4, 0.5) is 5.69 Å². The Balaban J connectivity index is 1.43. The predicted molar refractivity (Wildman–Crippen MR) is 165 cm³/mol. The predicted octanol–water partition coefficient (Wildman–Crippen LogP) is 8.51. The number of amides is 1. The lowest BCUT2D eigenvalue weighted by Crippen LogP contribution is -2.13. The second-order valence-electron chi connectivity index (χ2n) is 9.10. The zero-order valence-electron chi connectivity index (χ0n) is 22.6. The first-order valence-electron chi connectivity index (χ1n) is 12.9. The molecule has 4 aromatic carbocycles. The summed E-state index contributed by atoms with van der Waals surface area (Å²) in [7, 11) is 0. The van der Waals surface area contributed by atoms with E-state index in [9.17, 15) is 10.1 Å². The van der Waals surface area contributed by atoms with E-state index in [2.05, 4.69) is 27.3 Å². The lowest BCUT2D eigenvalue weighted by Gasteiger charge is -2.15. The number of hydrogen-bond donors (Lipinski definition) is 1. The highest BCUT2D eigenvalue weighted by molar-refractivity contribution is 9.10. The van der Waals surface area contributed by atoms with Crippen LogP contribution in [0.3, 0.4) is 0 Å². The van der Waals surface area contributed by atoms with Gasteiger partial charge in [0.2, 0.25) is 0 Å². The van der Waals surface area contributed by atoms with Crippen molar-refractivity contribution in [2.75, 3.05) is 11.9 Å². The zero-order valence-corrected chi connectivity index (χ0v) is 25.0. The molecule has 1 N–H and O–H groups in total. The molecule has 4 rings (SSSR count). The van der Waals surface area contributed by atoms with Crippen LogP contribution in [-0.2, 0) is 18.0 Å². The van der Waals surface area contributed by atoms with Gasteiger partial charge in [0.15, 0.2) is 11.5 Å². The van der Waals surface area contributed by atoms with Crippen molar-refractivity contribution in [2.45, 2.75) is 27.1 Å². The highest BCUT2D eigenvalue weighted by Crippen LogP contribution is 2.38. The molecule has 0 aliphatic heterocycles. The number of rotatable bonds is 11. The average Bonchev–Trinajstić information content (AvgIpc) is 2.96. The number of nitrogens with zero attached hydrogens (tertiary/aromatic N) is 1. The smallest absolute Gasteiger partial charge is 0.266 e. The first kappa shape index (κ1) is 29.7. The van der Waals surface area contributed by atoms with E-state index in [4.69, 9.17) is 25.8 Å². The van der Waals surface area contributed by atoms with E-state index in [0.29, 0.717) is 57.8 Å². The van der Waals surface area contributed by atoms with Crippen molar-refractivity contribution in [3.05, 3.63) is 122 Å². The third-order valence-electron chi connectivity index (χ3n) is 5.90. The van der Waals surface area contributed by atoms with E-state index in [0.717, 1.165) is 16.7 Å². The van der Waals surface area contributed by atoms with E-state index >= 15 is 0 Å². The highest BCUT2D eigenvalue weighted by atomic mass is 79.9. The van der Waals surface area contributed by atoms with Gasteiger partial charge < -0.3 is 19.5 Å². The van der Waals surface area contributed by atoms with Crippen LogP contribution in [0.15, 0.2) is 95.0 Å². The van der Waals surface area contributed by atoms with Crippen molar-refractivity contribution in [3.63, 3.8) is 0 Å². The summed E-state index contributed by atoms with van der Waals surface area (Å²) in [5.41, 5.74) is 4.26. The van der Waals surface area contributed by atoms with Crippen molar-refractivity contribution in [1.29, 1.82) is 5.26 Å². The second-order valence-corrected chi connectivity index (χ2v) is 10.4. The van der Waals surface area contributed by atoms with E-state index in [1.165, 1.54) is 6.08 Å². The lowest BCUT2D eigenvalue weighted by atomic mass is 10.1. The molecule has 8 heteroatoms. The molecule has 0 unspecified atom stereocenters. The number of carbonyl (C=O) groups is 1. The van der Waals surface area contributed by atoms with Gasteiger partial charge in [-0.3, -0.25) is 4.79 Å². The maximum Gasteiger partial charge on any atom is 0.266 e. The Labute approximate surface area is 253 Å². The van der Waals surface area contributed by atoms with Gasteiger partial charge in [0, 0.05) is 10.7 Å². The van der Waals surface area contributed by atoms with E-state index < -0.39 is 5.91 Å². The first-order chi connectivity index (χ1) is 19.8. The van der Waals surface area contributed by atoms with Crippen LogP contribution >= 0.6 is 27.5 Å². The van der Waals surface area contributed by atoms with Crippen molar-refractivity contribution >= 4 is 45.2 Å². The van der Waals surface area contributed by atoms with Crippen molar-refractivity contribution in [2.24, 2.45) is 0 Å². The molecule has 0 aromatic heterocycles. The molecule has 0 fully saturated rings. The molecule has 41 heavy (non-hydrogen) atoms. The largest absolute Gasteiger partial charge is 0.490 e. The number of ether oxygens (including phenoxy) is 3. The van der Waals surface area contributed by atoms with Crippen LogP contribution in [0.2, 0.25) is 5.02 Å².